The number of nitrogens with zero attached hydrogens (tertiary/aromatic N) is 2. The molecule has 0 bridgehead atoms. The van der Waals surface area contributed by atoms with E-state index in [2.05, 4.69) is 5.32 Å². The van der Waals surface area contributed by atoms with Crippen LogP contribution in [0.2, 0.25) is 0 Å². The van der Waals surface area contributed by atoms with Gasteiger partial charge in [-0.05, 0) is 48.9 Å². The molecule has 3 rings (SSSR count). The van der Waals surface area contributed by atoms with Crippen LogP contribution in [0.25, 0.3) is 0 Å². The van der Waals surface area contributed by atoms with Gasteiger partial charge >= 0.3 is 5.97 Å². The van der Waals surface area contributed by atoms with E-state index < -0.39 is 30.3 Å². The number of esters is 1. The Labute approximate surface area is 196 Å². The number of benzene rings is 2. The number of ether oxygens (including phenoxy) is 2. The third-order valence-corrected chi connectivity index (χ3v) is 5.09. The number of amides is 4. The topological polar surface area (TPSA) is 122 Å². The van der Waals surface area contributed by atoms with Crippen LogP contribution < -0.4 is 5.32 Å². The molecule has 0 aliphatic carbocycles. The van der Waals surface area contributed by atoms with Gasteiger partial charge in [-0.1, -0.05) is 0 Å². The molecule has 0 spiro atoms. The predicted octanol–water partition coefficient (Wildman–Crippen LogP) is 1.82. The average molecular weight is 467 g/mol. The van der Waals surface area contributed by atoms with Crippen molar-refractivity contribution in [3.05, 3.63) is 64.7 Å². The highest BCUT2D eigenvalue weighted by Crippen LogP contribution is 2.24. The first-order valence-corrected chi connectivity index (χ1v) is 10.5. The van der Waals surface area contributed by atoms with Crippen LogP contribution in [0, 0.1) is 0 Å². The molecule has 0 saturated carbocycles. The molecule has 2 aromatic carbocycles. The van der Waals surface area contributed by atoms with E-state index >= 15 is 0 Å². The van der Waals surface area contributed by atoms with Crippen LogP contribution in [0.15, 0.2) is 42.5 Å². The van der Waals surface area contributed by atoms with Crippen molar-refractivity contribution in [1.29, 1.82) is 0 Å². The van der Waals surface area contributed by atoms with E-state index in [4.69, 9.17) is 9.47 Å². The Kier molecular flexibility index (Phi) is 7.75. The maximum Gasteiger partial charge on any atom is 0.338 e. The lowest BCUT2D eigenvalue weighted by atomic mass is 10.1. The molecule has 0 atom stereocenters. The number of hydrogen-bond donors (Lipinski definition) is 1. The molecule has 1 aliphatic rings. The summed E-state index contributed by atoms with van der Waals surface area (Å²) in [5, 5.41) is 2.57. The fraction of sp³-hybridized carbons (Fsp3) is 0.292. The van der Waals surface area contributed by atoms with Crippen LogP contribution in [0.3, 0.4) is 0 Å². The zero-order valence-electron chi connectivity index (χ0n) is 19.1. The van der Waals surface area contributed by atoms with Crippen LogP contribution in [0.4, 0.5) is 5.69 Å². The molecular weight excluding hydrogens is 442 g/mol. The van der Waals surface area contributed by atoms with E-state index in [-0.39, 0.29) is 29.1 Å². The van der Waals surface area contributed by atoms with Gasteiger partial charge in [0.2, 0.25) is 0 Å². The molecule has 10 heteroatoms. The van der Waals surface area contributed by atoms with Gasteiger partial charge in [-0.15, -0.1) is 0 Å². The summed E-state index contributed by atoms with van der Waals surface area (Å²) in [5.74, 6) is -2.45. The second-order valence-corrected chi connectivity index (χ2v) is 7.77. The van der Waals surface area contributed by atoms with E-state index in [0.717, 1.165) is 4.90 Å². The monoisotopic (exact) mass is 467 g/mol. The number of rotatable bonds is 9. The van der Waals surface area contributed by atoms with Crippen molar-refractivity contribution in [1.82, 2.24) is 9.80 Å². The van der Waals surface area contributed by atoms with Crippen LogP contribution in [-0.2, 0) is 14.3 Å². The molecule has 0 radical (unpaired) electrons. The van der Waals surface area contributed by atoms with Crippen LogP contribution in [0.5, 0.6) is 0 Å². The highest BCUT2D eigenvalue weighted by Gasteiger charge is 2.35. The summed E-state index contributed by atoms with van der Waals surface area (Å²) in [6.07, 6.45) is 0.501. The summed E-state index contributed by atoms with van der Waals surface area (Å²) in [7, 11) is 4.81. The first-order chi connectivity index (χ1) is 16.2. The third-order valence-electron chi connectivity index (χ3n) is 5.09. The number of imide groups is 1. The molecule has 1 aliphatic heterocycles. The molecule has 178 valence electrons. The Morgan fingerprint density at radius 2 is 1.59 bits per heavy atom. The minimum Gasteiger partial charge on any atom is -0.452 e. The molecule has 10 nitrogen and oxygen atoms in total. The Balaban J connectivity index is 1.57. The Morgan fingerprint density at radius 1 is 0.941 bits per heavy atom. The van der Waals surface area contributed by atoms with E-state index in [0.29, 0.717) is 24.3 Å². The molecule has 1 heterocycles. The van der Waals surface area contributed by atoms with Crippen molar-refractivity contribution < 1.29 is 33.4 Å². The van der Waals surface area contributed by atoms with Crippen LogP contribution >= 0.6 is 0 Å². The fourth-order valence-electron chi connectivity index (χ4n) is 3.35. The summed E-state index contributed by atoms with van der Waals surface area (Å²) in [6, 6.07) is 10.4. The van der Waals surface area contributed by atoms with E-state index in [1.54, 1.807) is 38.4 Å². The van der Waals surface area contributed by atoms with Crippen LogP contribution in [0.1, 0.15) is 47.9 Å². The fourth-order valence-corrected chi connectivity index (χ4v) is 3.35. The summed E-state index contributed by atoms with van der Waals surface area (Å²) in [5.41, 5.74) is 1.29. The van der Waals surface area contributed by atoms with Gasteiger partial charge in [-0.25, -0.2) is 4.79 Å². The van der Waals surface area contributed by atoms with E-state index in [1.165, 1.54) is 30.2 Å². The molecule has 0 unspecified atom stereocenters. The van der Waals surface area contributed by atoms with Crippen molar-refractivity contribution in [3.63, 3.8) is 0 Å². The maximum atomic E-state index is 12.6. The third kappa shape index (κ3) is 5.46. The van der Waals surface area contributed by atoms with Crippen molar-refractivity contribution >= 4 is 35.3 Å². The predicted molar refractivity (Wildman–Crippen MR) is 122 cm³/mol. The lowest BCUT2D eigenvalue weighted by Crippen LogP contribution is -2.31. The molecule has 0 aromatic heterocycles. The molecule has 34 heavy (non-hydrogen) atoms. The minimum absolute atomic E-state index is 0.0537. The molecule has 4 amide bonds. The Hall–Kier alpha value is -4.05. The number of carbonyl (C=O) groups excluding carboxylic acids is 5. The molecule has 1 N–H and O–H groups in total. The number of carbonyl (C=O) groups is 5. The summed E-state index contributed by atoms with van der Waals surface area (Å²) >= 11 is 0. The van der Waals surface area contributed by atoms with E-state index in [9.17, 15) is 24.0 Å². The zero-order valence-corrected chi connectivity index (χ0v) is 19.1. The van der Waals surface area contributed by atoms with Gasteiger partial charge in [0.25, 0.3) is 23.6 Å². The number of methoxy groups -OCH3 is 1. The minimum atomic E-state index is -0.803. The Morgan fingerprint density at radius 3 is 2.24 bits per heavy atom. The van der Waals surface area contributed by atoms with Gasteiger partial charge in [0.05, 0.1) is 16.7 Å². The second kappa shape index (κ2) is 10.7. The highest BCUT2D eigenvalue weighted by atomic mass is 16.5. The van der Waals surface area contributed by atoms with Crippen molar-refractivity contribution in [2.24, 2.45) is 0 Å². The molecule has 0 fully saturated rings. The van der Waals surface area contributed by atoms with Gasteiger partial charge in [-0.2, -0.15) is 0 Å². The average Bonchev–Trinajstić information content (AvgIpc) is 3.07. The van der Waals surface area contributed by atoms with Gasteiger partial charge in [0.1, 0.15) is 0 Å². The maximum absolute atomic E-state index is 12.6. The molecular formula is C24H25N3O7. The smallest absolute Gasteiger partial charge is 0.338 e. The lowest BCUT2D eigenvalue weighted by molar-refractivity contribution is -0.119. The van der Waals surface area contributed by atoms with Crippen molar-refractivity contribution in [3.8, 4) is 0 Å². The SMILES string of the molecule is COCCCN1C(=O)c2ccc(C(=O)OCC(=O)Nc3ccc(C(=O)N(C)C)cc3)cc2C1=O. The largest absolute Gasteiger partial charge is 0.452 e. The Bertz CT molecular complexity index is 1130. The summed E-state index contributed by atoms with van der Waals surface area (Å²) < 4.78 is 9.99. The van der Waals surface area contributed by atoms with Gasteiger partial charge in [-0.3, -0.25) is 24.1 Å². The lowest BCUT2D eigenvalue weighted by Gasteiger charge is -2.12. The second-order valence-electron chi connectivity index (χ2n) is 7.77. The van der Waals surface area contributed by atoms with Gasteiger partial charge in [0.15, 0.2) is 6.61 Å². The molecule has 2 aromatic rings. The van der Waals surface area contributed by atoms with Crippen molar-refractivity contribution in [2.45, 2.75) is 6.42 Å². The summed E-state index contributed by atoms with van der Waals surface area (Å²) in [4.78, 5) is 64.0. The normalized spacial score (nSPS) is 12.4. The molecule has 0 saturated heterocycles. The quantitative estimate of drug-likeness (QED) is 0.339. The zero-order chi connectivity index (χ0) is 24.8. The van der Waals surface area contributed by atoms with Gasteiger partial charge in [0, 0.05) is 45.6 Å². The number of hydrogen-bond acceptors (Lipinski definition) is 7. The number of anilines is 1. The number of fused-ring (bicyclic) bond motifs is 1. The first-order valence-electron chi connectivity index (χ1n) is 10.5. The van der Waals surface area contributed by atoms with Crippen LogP contribution in [-0.4, -0.2) is 80.4 Å². The first kappa shape index (κ1) is 24.6. The number of nitrogens with one attached hydrogen (secondary N) is 1. The van der Waals surface area contributed by atoms with E-state index in [1.807, 2.05) is 0 Å². The standard InChI is InChI=1S/C24H25N3O7/c1-26(2)21(29)15-5-8-17(9-6-15)25-20(28)14-34-24(32)16-7-10-18-19(13-16)23(31)27(22(18)30)11-4-12-33-3/h5-10,13H,4,11-12,14H2,1-3H3,(H,25,28). The summed E-state index contributed by atoms with van der Waals surface area (Å²) in [6.45, 7) is 0.0696. The van der Waals surface area contributed by atoms with Crippen molar-refractivity contribution in [2.75, 3.05) is 46.3 Å². The van der Waals surface area contributed by atoms with Gasteiger partial charge < -0.3 is 19.7 Å². The highest BCUT2D eigenvalue weighted by molar-refractivity contribution is 6.22.